The number of allylic oxidation sites excluding steroid dienone is 1. The summed E-state index contributed by atoms with van der Waals surface area (Å²) < 4.78 is 43.5. The number of aliphatic hydroxyl groups is 1. The number of fused-ring (bicyclic) bond motifs is 2. The van der Waals surface area contributed by atoms with Gasteiger partial charge in [0.05, 0.1) is 40.7 Å². The molecule has 1 aromatic heterocycles. The lowest BCUT2D eigenvalue weighted by atomic mass is 9.70. The van der Waals surface area contributed by atoms with E-state index in [0.717, 1.165) is 36.2 Å². The van der Waals surface area contributed by atoms with Crippen molar-refractivity contribution in [3.8, 4) is 11.8 Å². The van der Waals surface area contributed by atoms with E-state index in [4.69, 9.17) is 5.26 Å². The number of aliphatic hydroxyl groups excluding tert-OH is 1. The summed E-state index contributed by atoms with van der Waals surface area (Å²) in [7, 11) is -3.84. The van der Waals surface area contributed by atoms with Gasteiger partial charge in [0.2, 0.25) is 10.0 Å². The fourth-order valence-corrected chi connectivity index (χ4v) is 7.01. The number of nitriles is 1. The van der Waals surface area contributed by atoms with Crippen LogP contribution in [-0.2, 0) is 16.4 Å². The molecule has 5 rings (SSSR count). The molecule has 1 heterocycles. The van der Waals surface area contributed by atoms with Gasteiger partial charge in [-0.2, -0.15) is 14.7 Å². The summed E-state index contributed by atoms with van der Waals surface area (Å²) in [6.45, 7) is 2.19. The van der Waals surface area contributed by atoms with Gasteiger partial charge in [0.15, 0.2) is 0 Å². The third-order valence-electron chi connectivity index (χ3n) is 7.62. The largest absolute Gasteiger partial charge is 0.395 e. The highest BCUT2D eigenvalue weighted by atomic mass is 32.2. The molecule has 36 heavy (non-hydrogen) atoms. The van der Waals surface area contributed by atoms with Crippen molar-refractivity contribution in [1.29, 1.82) is 5.26 Å². The highest BCUT2D eigenvalue weighted by molar-refractivity contribution is 7.89. The number of benzene rings is 2. The van der Waals surface area contributed by atoms with E-state index in [1.54, 1.807) is 12.1 Å². The van der Waals surface area contributed by atoms with Crippen LogP contribution in [0.1, 0.15) is 36.6 Å². The van der Waals surface area contributed by atoms with Crippen molar-refractivity contribution in [3.63, 3.8) is 0 Å². The Hall–Kier alpha value is -3.32. The van der Waals surface area contributed by atoms with E-state index >= 15 is 0 Å². The number of aromatic nitrogens is 2. The Morgan fingerprint density at radius 1 is 1.22 bits per heavy atom. The molecule has 0 unspecified atom stereocenters. The normalized spacial score (nSPS) is 21.1. The Kier molecular flexibility index (Phi) is 6.29. The van der Waals surface area contributed by atoms with Crippen LogP contribution in [0, 0.1) is 28.5 Å². The lowest BCUT2D eigenvalue weighted by Crippen LogP contribution is -2.42. The average Bonchev–Trinajstić information content (AvgIpc) is 3.42. The van der Waals surface area contributed by atoms with Gasteiger partial charge in [-0.3, -0.25) is 0 Å². The molecule has 3 aromatic rings. The van der Waals surface area contributed by atoms with Crippen LogP contribution in [0.5, 0.6) is 0 Å². The van der Waals surface area contributed by atoms with Gasteiger partial charge in [-0.05, 0) is 90.8 Å². The van der Waals surface area contributed by atoms with Crippen LogP contribution >= 0.6 is 0 Å². The molecule has 0 amide bonds. The molecule has 1 fully saturated rings. The van der Waals surface area contributed by atoms with Gasteiger partial charge in [-0.1, -0.05) is 12.5 Å². The van der Waals surface area contributed by atoms with E-state index in [1.807, 2.05) is 16.9 Å². The maximum absolute atomic E-state index is 13.4. The van der Waals surface area contributed by atoms with E-state index in [1.165, 1.54) is 46.3 Å². The zero-order valence-electron chi connectivity index (χ0n) is 19.9. The van der Waals surface area contributed by atoms with Crippen molar-refractivity contribution in [3.05, 3.63) is 82.9 Å². The lowest BCUT2D eigenvalue weighted by Gasteiger charge is -2.38. The minimum atomic E-state index is -3.84. The molecule has 2 atom stereocenters. The number of rotatable bonds is 7. The smallest absolute Gasteiger partial charge is 0.243 e. The standard InChI is InChI=1S/C27H27FN4O3S/c1-27-15-20-17-30-32(24-8-6-23(28)7-9-24)26(20)14-21(27)4-5-22(27)18-31(12-13-33)36(34,35)25-10-2-19(16-29)3-11-25/h2-3,6-11,14,17,22,33H,4-5,12-13,15,18H2,1H3/t22-,27+/m1/s1. The molecular formula is C27H27FN4O3S. The minimum Gasteiger partial charge on any atom is -0.395 e. The molecule has 9 heteroatoms. The Balaban J connectivity index is 1.42. The molecule has 2 aliphatic carbocycles. The second-order valence-electron chi connectivity index (χ2n) is 9.67. The number of halogens is 1. The van der Waals surface area contributed by atoms with Gasteiger partial charge in [0, 0.05) is 13.1 Å². The summed E-state index contributed by atoms with van der Waals surface area (Å²) in [5, 5.41) is 23.2. The van der Waals surface area contributed by atoms with Gasteiger partial charge >= 0.3 is 0 Å². The number of sulfonamides is 1. The second kappa shape index (κ2) is 9.28. The number of nitrogens with zero attached hydrogens (tertiary/aromatic N) is 4. The van der Waals surface area contributed by atoms with Crippen molar-refractivity contribution < 1.29 is 17.9 Å². The van der Waals surface area contributed by atoms with Crippen LogP contribution in [-0.4, -0.2) is 47.3 Å². The molecule has 1 N–H and O–H groups in total. The predicted octanol–water partition coefficient (Wildman–Crippen LogP) is 3.92. The Labute approximate surface area is 210 Å². The van der Waals surface area contributed by atoms with E-state index in [2.05, 4.69) is 18.1 Å². The SMILES string of the molecule is C[C@]12Cc3cnn(-c4ccc(F)cc4)c3C=C1CC[C@@H]2CN(CCO)S(=O)(=O)c1ccc(C#N)cc1. The third kappa shape index (κ3) is 4.15. The first-order valence-corrected chi connectivity index (χ1v) is 13.4. The van der Waals surface area contributed by atoms with E-state index in [-0.39, 0.29) is 41.7 Å². The van der Waals surface area contributed by atoms with Gasteiger partial charge in [0.1, 0.15) is 5.82 Å². The highest BCUT2D eigenvalue weighted by Crippen LogP contribution is 2.53. The van der Waals surface area contributed by atoms with Gasteiger partial charge in [-0.15, -0.1) is 0 Å². The maximum Gasteiger partial charge on any atom is 0.243 e. The summed E-state index contributed by atoms with van der Waals surface area (Å²) in [6, 6.07) is 14.1. The van der Waals surface area contributed by atoms with Crippen LogP contribution in [0.15, 0.2) is 65.2 Å². The first-order chi connectivity index (χ1) is 17.3. The fourth-order valence-electron chi connectivity index (χ4n) is 5.53. The first-order valence-electron chi connectivity index (χ1n) is 11.9. The van der Waals surface area contributed by atoms with Crippen molar-refractivity contribution >= 4 is 16.1 Å². The van der Waals surface area contributed by atoms with Crippen molar-refractivity contribution in [2.45, 2.75) is 31.1 Å². The van der Waals surface area contributed by atoms with Crippen LogP contribution in [0.4, 0.5) is 4.39 Å². The molecule has 0 aliphatic heterocycles. The summed E-state index contributed by atoms with van der Waals surface area (Å²) in [5.41, 5.74) is 4.24. The van der Waals surface area contributed by atoms with Gasteiger partial charge in [0.25, 0.3) is 0 Å². The minimum absolute atomic E-state index is 0.00170. The highest BCUT2D eigenvalue weighted by Gasteiger charge is 2.47. The fraction of sp³-hybridized carbons (Fsp3) is 0.333. The lowest BCUT2D eigenvalue weighted by molar-refractivity contribution is 0.194. The second-order valence-corrected chi connectivity index (χ2v) is 11.6. The van der Waals surface area contributed by atoms with Crippen molar-refractivity contribution in [1.82, 2.24) is 14.1 Å². The zero-order valence-corrected chi connectivity index (χ0v) is 20.7. The molecule has 0 radical (unpaired) electrons. The summed E-state index contributed by atoms with van der Waals surface area (Å²) >= 11 is 0. The molecule has 1 saturated carbocycles. The van der Waals surface area contributed by atoms with E-state index < -0.39 is 10.0 Å². The monoisotopic (exact) mass is 506 g/mol. The third-order valence-corrected chi connectivity index (χ3v) is 9.50. The van der Waals surface area contributed by atoms with Crippen molar-refractivity contribution in [2.75, 3.05) is 19.7 Å². The molecule has 2 aromatic carbocycles. The Morgan fingerprint density at radius 2 is 1.94 bits per heavy atom. The van der Waals surface area contributed by atoms with Gasteiger partial charge < -0.3 is 5.11 Å². The van der Waals surface area contributed by atoms with Crippen LogP contribution in [0.25, 0.3) is 11.8 Å². The molecule has 7 nitrogen and oxygen atoms in total. The molecule has 0 spiro atoms. The summed E-state index contributed by atoms with van der Waals surface area (Å²) in [4.78, 5) is 0.111. The molecule has 0 bridgehead atoms. The molecule has 0 saturated heterocycles. The topological polar surface area (TPSA) is 99.2 Å². The zero-order chi connectivity index (χ0) is 25.5. The quantitative estimate of drug-likeness (QED) is 0.524. The van der Waals surface area contributed by atoms with E-state index in [0.29, 0.717) is 5.56 Å². The van der Waals surface area contributed by atoms with E-state index in [9.17, 15) is 17.9 Å². The Morgan fingerprint density at radius 3 is 2.61 bits per heavy atom. The number of hydrogen-bond donors (Lipinski definition) is 1. The van der Waals surface area contributed by atoms with Gasteiger partial charge in [-0.25, -0.2) is 17.5 Å². The van der Waals surface area contributed by atoms with Crippen LogP contribution in [0.2, 0.25) is 0 Å². The summed E-state index contributed by atoms with van der Waals surface area (Å²) in [5.74, 6) is -0.237. The molecular weight excluding hydrogens is 479 g/mol. The molecule has 186 valence electrons. The predicted molar refractivity (Wildman–Crippen MR) is 133 cm³/mol. The summed E-state index contributed by atoms with van der Waals surface area (Å²) in [6.07, 6.45) is 6.40. The van der Waals surface area contributed by atoms with Crippen LogP contribution < -0.4 is 0 Å². The number of hydrogen-bond acceptors (Lipinski definition) is 5. The van der Waals surface area contributed by atoms with Crippen molar-refractivity contribution in [2.24, 2.45) is 11.3 Å². The Bertz CT molecular complexity index is 1460. The molecule has 2 aliphatic rings. The van der Waals surface area contributed by atoms with Crippen LogP contribution in [0.3, 0.4) is 0 Å². The maximum atomic E-state index is 13.4. The first kappa shape index (κ1) is 24.4. The average molecular weight is 507 g/mol.